The van der Waals surface area contributed by atoms with Gasteiger partial charge in [-0.3, -0.25) is 9.59 Å². The number of hydrogen-bond donors (Lipinski definition) is 1. The summed E-state index contributed by atoms with van der Waals surface area (Å²) in [6.45, 7) is 0. The number of methoxy groups -OCH3 is 3. The maximum atomic E-state index is 12.4. The van der Waals surface area contributed by atoms with Gasteiger partial charge in [0.25, 0.3) is 0 Å². The van der Waals surface area contributed by atoms with Gasteiger partial charge >= 0.3 is 5.97 Å². The van der Waals surface area contributed by atoms with E-state index in [1.165, 1.54) is 27.7 Å². The molecule has 0 aromatic carbocycles. The van der Waals surface area contributed by atoms with E-state index in [2.05, 4.69) is 20.3 Å². The molecule has 2 unspecified atom stereocenters. The first kappa shape index (κ1) is 19.6. The largest absolute Gasteiger partial charge is 0.480 e. The Labute approximate surface area is 172 Å². The van der Waals surface area contributed by atoms with Crippen LogP contribution in [0.1, 0.15) is 6.42 Å². The lowest BCUT2D eigenvalue weighted by Gasteiger charge is -2.11. The molecule has 0 aliphatic heterocycles. The molecule has 1 N–H and O–H groups in total. The Morgan fingerprint density at radius 1 is 1.07 bits per heavy atom. The van der Waals surface area contributed by atoms with Crippen LogP contribution in [0.15, 0.2) is 24.7 Å². The number of anilines is 1. The minimum atomic E-state index is -0.378. The summed E-state index contributed by atoms with van der Waals surface area (Å²) in [7, 11) is 6.26. The molecule has 10 heteroatoms. The van der Waals surface area contributed by atoms with Crippen LogP contribution in [0.5, 0.6) is 11.8 Å². The number of pyridine rings is 1. The van der Waals surface area contributed by atoms with Gasteiger partial charge in [-0.05, 0) is 18.6 Å². The molecule has 0 saturated heterocycles. The highest BCUT2D eigenvalue weighted by molar-refractivity contribution is 5.99. The number of aromatic nitrogens is 4. The SMILES string of the molecule is COC(=O)C1CC1C(=O)Nc1cc2cc(-c3c(OC)ncnc3OC)n(C)c2cn1. The van der Waals surface area contributed by atoms with Gasteiger partial charge in [-0.2, -0.15) is 0 Å². The van der Waals surface area contributed by atoms with Gasteiger partial charge in [0.2, 0.25) is 17.7 Å². The fraction of sp³-hybridized carbons (Fsp3) is 0.350. The second kappa shape index (κ2) is 7.62. The summed E-state index contributed by atoms with van der Waals surface area (Å²) in [6, 6.07) is 3.69. The molecule has 1 aliphatic carbocycles. The van der Waals surface area contributed by atoms with E-state index in [1.54, 1.807) is 12.3 Å². The topological polar surface area (TPSA) is 117 Å². The summed E-state index contributed by atoms with van der Waals surface area (Å²) in [4.78, 5) is 36.6. The third kappa shape index (κ3) is 3.30. The Balaban J connectivity index is 1.65. The van der Waals surface area contributed by atoms with Crippen molar-refractivity contribution in [2.75, 3.05) is 26.6 Å². The van der Waals surface area contributed by atoms with Crippen molar-refractivity contribution in [3.8, 4) is 23.0 Å². The van der Waals surface area contributed by atoms with Gasteiger partial charge in [0, 0.05) is 12.4 Å². The van der Waals surface area contributed by atoms with Crippen molar-refractivity contribution in [3.63, 3.8) is 0 Å². The van der Waals surface area contributed by atoms with Gasteiger partial charge in [-0.25, -0.2) is 15.0 Å². The van der Waals surface area contributed by atoms with Crippen molar-refractivity contribution < 1.29 is 23.8 Å². The number of fused-ring (bicyclic) bond motifs is 1. The van der Waals surface area contributed by atoms with Crippen LogP contribution in [0.4, 0.5) is 5.82 Å². The van der Waals surface area contributed by atoms with Crippen molar-refractivity contribution >= 4 is 28.6 Å². The highest BCUT2D eigenvalue weighted by Gasteiger charge is 2.49. The Hall–Kier alpha value is -3.69. The Bertz CT molecular complexity index is 1120. The molecule has 30 heavy (non-hydrogen) atoms. The molecule has 4 rings (SSSR count). The van der Waals surface area contributed by atoms with Gasteiger partial charge < -0.3 is 24.1 Å². The maximum Gasteiger partial charge on any atom is 0.309 e. The normalized spacial score (nSPS) is 17.5. The van der Waals surface area contributed by atoms with E-state index >= 15 is 0 Å². The summed E-state index contributed by atoms with van der Waals surface area (Å²) >= 11 is 0. The average Bonchev–Trinajstić information content (AvgIpc) is 3.51. The number of amides is 1. The lowest BCUT2D eigenvalue weighted by atomic mass is 10.2. The van der Waals surface area contributed by atoms with Gasteiger partial charge in [0.15, 0.2) is 0 Å². The molecule has 0 spiro atoms. The zero-order valence-electron chi connectivity index (χ0n) is 17.0. The van der Waals surface area contributed by atoms with E-state index in [-0.39, 0.29) is 23.7 Å². The van der Waals surface area contributed by atoms with Crippen LogP contribution in [0, 0.1) is 11.8 Å². The van der Waals surface area contributed by atoms with E-state index in [9.17, 15) is 9.59 Å². The molecule has 1 aliphatic rings. The minimum Gasteiger partial charge on any atom is -0.480 e. The third-order valence-electron chi connectivity index (χ3n) is 5.23. The van der Waals surface area contributed by atoms with E-state index in [4.69, 9.17) is 14.2 Å². The first-order valence-corrected chi connectivity index (χ1v) is 9.26. The molecule has 1 amide bonds. The highest BCUT2D eigenvalue weighted by atomic mass is 16.5. The summed E-state index contributed by atoms with van der Waals surface area (Å²) < 4.78 is 17.4. The van der Waals surface area contributed by atoms with Crippen LogP contribution in [-0.2, 0) is 21.4 Å². The number of nitrogens with zero attached hydrogens (tertiary/aromatic N) is 4. The molecule has 0 bridgehead atoms. The lowest BCUT2D eigenvalue weighted by Crippen LogP contribution is -2.18. The van der Waals surface area contributed by atoms with Crippen molar-refractivity contribution in [3.05, 3.63) is 24.7 Å². The van der Waals surface area contributed by atoms with Gasteiger partial charge in [0.05, 0.1) is 50.6 Å². The molecule has 3 aromatic rings. The predicted octanol–water partition coefficient (Wildman–Crippen LogP) is 1.80. The number of hydrogen-bond acceptors (Lipinski definition) is 8. The molecule has 3 aromatic heterocycles. The third-order valence-corrected chi connectivity index (χ3v) is 5.23. The fourth-order valence-corrected chi connectivity index (χ4v) is 3.54. The summed E-state index contributed by atoms with van der Waals surface area (Å²) in [5.41, 5.74) is 2.23. The van der Waals surface area contributed by atoms with Crippen LogP contribution in [0.3, 0.4) is 0 Å². The molecule has 2 atom stereocenters. The zero-order valence-corrected chi connectivity index (χ0v) is 17.0. The second-order valence-corrected chi connectivity index (χ2v) is 6.95. The van der Waals surface area contributed by atoms with E-state index in [1.807, 2.05) is 17.7 Å². The van der Waals surface area contributed by atoms with Crippen LogP contribution < -0.4 is 14.8 Å². The highest BCUT2D eigenvalue weighted by Crippen LogP contribution is 2.41. The quantitative estimate of drug-likeness (QED) is 0.610. The van der Waals surface area contributed by atoms with Crippen LogP contribution >= 0.6 is 0 Å². The number of carbonyl (C=O) groups is 2. The Kier molecular flexibility index (Phi) is 4.98. The molecule has 0 radical (unpaired) electrons. The number of rotatable bonds is 6. The summed E-state index contributed by atoms with van der Waals surface area (Å²) in [6.07, 6.45) is 3.53. The molecule has 10 nitrogen and oxygen atoms in total. The number of esters is 1. The average molecular weight is 411 g/mol. The smallest absolute Gasteiger partial charge is 0.309 e. The molecule has 3 heterocycles. The van der Waals surface area contributed by atoms with Crippen molar-refractivity contribution in [1.29, 1.82) is 0 Å². The number of ether oxygens (including phenoxy) is 3. The maximum absolute atomic E-state index is 12.4. The molecule has 156 valence electrons. The van der Waals surface area contributed by atoms with Crippen LogP contribution in [-0.4, -0.2) is 52.7 Å². The van der Waals surface area contributed by atoms with Crippen molar-refractivity contribution in [2.24, 2.45) is 18.9 Å². The number of aryl methyl sites for hydroxylation is 1. The molecule has 1 saturated carbocycles. The molecular weight excluding hydrogens is 390 g/mol. The Morgan fingerprint density at radius 2 is 1.77 bits per heavy atom. The minimum absolute atomic E-state index is 0.242. The van der Waals surface area contributed by atoms with Gasteiger partial charge in [0.1, 0.15) is 17.7 Å². The summed E-state index contributed by atoms with van der Waals surface area (Å²) in [5, 5.41) is 3.63. The van der Waals surface area contributed by atoms with E-state index in [0.717, 1.165) is 16.6 Å². The fourth-order valence-electron chi connectivity index (χ4n) is 3.54. The predicted molar refractivity (Wildman–Crippen MR) is 107 cm³/mol. The lowest BCUT2D eigenvalue weighted by molar-refractivity contribution is -0.143. The first-order valence-electron chi connectivity index (χ1n) is 9.26. The monoisotopic (exact) mass is 411 g/mol. The van der Waals surface area contributed by atoms with E-state index in [0.29, 0.717) is 29.6 Å². The summed E-state index contributed by atoms with van der Waals surface area (Å²) in [5.74, 6) is -0.180. The van der Waals surface area contributed by atoms with Crippen LogP contribution in [0.2, 0.25) is 0 Å². The molecular formula is C20H21N5O5. The Morgan fingerprint density at radius 3 is 2.40 bits per heavy atom. The van der Waals surface area contributed by atoms with Crippen molar-refractivity contribution in [1.82, 2.24) is 19.5 Å². The number of nitrogens with one attached hydrogen (secondary N) is 1. The van der Waals surface area contributed by atoms with Gasteiger partial charge in [-0.1, -0.05) is 0 Å². The first-order chi connectivity index (χ1) is 14.5. The molecule has 1 fully saturated rings. The van der Waals surface area contributed by atoms with Crippen LogP contribution in [0.25, 0.3) is 22.2 Å². The van der Waals surface area contributed by atoms with Crippen molar-refractivity contribution in [2.45, 2.75) is 6.42 Å². The standard InChI is InChI=1S/C20H21N5O5/c1-25-13(16-18(28-2)22-9-23-19(16)29-3)5-10-6-15(21-8-14(10)25)24-17(26)11-7-12(11)20(27)30-4/h5-6,8-9,11-12H,7H2,1-4H3,(H,21,24,26). The van der Waals surface area contributed by atoms with E-state index < -0.39 is 0 Å². The zero-order chi connectivity index (χ0) is 21.4. The number of carbonyl (C=O) groups excluding carboxylic acids is 2. The second-order valence-electron chi connectivity index (χ2n) is 6.95. The van der Waals surface area contributed by atoms with Gasteiger partial charge in [-0.15, -0.1) is 0 Å².